The maximum atomic E-state index is 5.11. The van der Waals surface area contributed by atoms with Gasteiger partial charge in [-0.05, 0) is 31.9 Å². The molecule has 0 aliphatic rings. The third kappa shape index (κ3) is 2.99. The van der Waals surface area contributed by atoms with Crippen LogP contribution in [-0.2, 0) is 18.3 Å². The molecule has 3 heteroatoms. The standard InChI is InChI=1S/C16H24N2O/c1-12(9-10-19-4)17-11-16-13(2)14-7-5-6-8-15(14)18(16)3/h5-8,12,17H,9-11H2,1-4H3. The Balaban J connectivity index is 2.12. The highest BCUT2D eigenvalue weighted by atomic mass is 16.5. The molecule has 19 heavy (non-hydrogen) atoms. The highest BCUT2D eigenvalue weighted by Gasteiger charge is 2.11. The molecule has 1 atom stereocenters. The fraction of sp³-hybridized carbons (Fsp3) is 0.500. The molecular formula is C16H24N2O. The topological polar surface area (TPSA) is 26.2 Å². The van der Waals surface area contributed by atoms with E-state index < -0.39 is 0 Å². The lowest BCUT2D eigenvalue weighted by molar-refractivity contribution is 0.184. The maximum Gasteiger partial charge on any atom is 0.0483 e. The van der Waals surface area contributed by atoms with Gasteiger partial charge in [-0.1, -0.05) is 18.2 Å². The fourth-order valence-electron chi connectivity index (χ4n) is 2.55. The minimum Gasteiger partial charge on any atom is -0.385 e. The highest BCUT2D eigenvalue weighted by Crippen LogP contribution is 2.24. The summed E-state index contributed by atoms with van der Waals surface area (Å²) in [6, 6.07) is 9.05. The summed E-state index contributed by atoms with van der Waals surface area (Å²) < 4.78 is 7.41. The molecule has 3 nitrogen and oxygen atoms in total. The Morgan fingerprint density at radius 1 is 1.32 bits per heavy atom. The Bertz CT molecular complexity index is 506. The number of aryl methyl sites for hydroxylation is 2. The van der Waals surface area contributed by atoms with Gasteiger partial charge in [0.05, 0.1) is 0 Å². The first-order valence-electron chi connectivity index (χ1n) is 6.90. The molecule has 0 saturated heterocycles. The van der Waals surface area contributed by atoms with Crippen LogP contribution in [0.3, 0.4) is 0 Å². The summed E-state index contributed by atoms with van der Waals surface area (Å²) in [4.78, 5) is 0. The lowest BCUT2D eigenvalue weighted by atomic mass is 10.1. The quantitative estimate of drug-likeness (QED) is 0.864. The molecule has 0 bridgehead atoms. The van der Waals surface area contributed by atoms with Crippen molar-refractivity contribution in [2.45, 2.75) is 32.9 Å². The molecule has 0 aliphatic carbocycles. The van der Waals surface area contributed by atoms with Crippen LogP contribution in [0.15, 0.2) is 24.3 Å². The molecule has 2 aromatic rings. The highest BCUT2D eigenvalue weighted by molar-refractivity contribution is 5.85. The van der Waals surface area contributed by atoms with Gasteiger partial charge in [-0.25, -0.2) is 0 Å². The molecular weight excluding hydrogens is 236 g/mol. The summed E-state index contributed by atoms with van der Waals surface area (Å²) in [5.41, 5.74) is 4.05. The van der Waals surface area contributed by atoms with Gasteiger partial charge in [0.25, 0.3) is 0 Å². The molecule has 0 spiro atoms. The molecule has 0 radical (unpaired) electrons. The first kappa shape index (κ1) is 14.1. The Labute approximate surface area is 115 Å². The zero-order chi connectivity index (χ0) is 13.8. The molecule has 2 rings (SSSR count). The van der Waals surface area contributed by atoms with E-state index in [4.69, 9.17) is 4.74 Å². The number of benzene rings is 1. The average Bonchev–Trinajstić information content (AvgIpc) is 2.67. The van der Waals surface area contributed by atoms with Crippen LogP contribution in [0.25, 0.3) is 10.9 Å². The van der Waals surface area contributed by atoms with E-state index in [1.807, 2.05) is 0 Å². The van der Waals surface area contributed by atoms with Crippen molar-refractivity contribution in [3.05, 3.63) is 35.5 Å². The number of para-hydroxylation sites is 1. The normalized spacial score (nSPS) is 13.1. The second kappa shape index (κ2) is 6.22. The summed E-state index contributed by atoms with van der Waals surface area (Å²) in [5, 5.41) is 4.93. The summed E-state index contributed by atoms with van der Waals surface area (Å²) in [6.07, 6.45) is 1.04. The van der Waals surface area contributed by atoms with E-state index in [0.717, 1.165) is 19.6 Å². The summed E-state index contributed by atoms with van der Waals surface area (Å²) in [6.45, 7) is 6.13. The number of ether oxygens (including phenoxy) is 1. The van der Waals surface area contributed by atoms with Crippen LogP contribution in [0.1, 0.15) is 24.6 Å². The Morgan fingerprint density at radius 3 is 2.74 bits per heavy atom. The van der Waals surface area contributed by atoms with Crippen molar-refractivity contribution >= 4 is 10.9 Å². The molecule has 0 saturated carbocycles. The molecule has 1 aromatic carbocycles. The second-order valence-corrected chi connectivity index (χ2v) is 5.21. The monoisotopic (exact) mass is 260 g/mol. The number of hydrogen-bond donors (Lipinski definition) is 1. The number of rotatable bonds is 6. The van der Waals surface area contributed by atoms with Gasteiger partial charge < -0.3 is 14.6 Å². The van der Waals surface area contributed by atoms with Gasteiger partial charge in [-0.2, -0.15) is 0 Å². The van der Waals surface area contributed by atoms with Gasteiger partial charge in [-0.3, -0.25) is 0 Å². The molecule has 0 amide bonds. The minimum absolute atomic E-state index is 0.470. The van der Waals surface area contributed by atoms with Crippen molar-refractivity contribution in [1.82, 2.24) is 9.88 Å². The molecule has 1 unspecified atom stereocenters. The molecule has 0 aliphatic heterocycles. The SMILES string of the molecule is COCCC(C)NCc1c(C)c2ccccc2n1C. The molecule has 1 aromatic heterocycles. The first-order valence-corrected chi connectivity index (χ1v) is 6.90. The van der Waals surface area contributed by atoms with Crippen molar-refractivity contribution in [1.29, 1.82) is 0 Å². The number of methoxy groups -OCH3 is 1. The molecule has 104 valence electrons. The van der Waals surface area contributed by atoms with Crippen molar-refractivity contribution in [2.75, 3.05) is 13.7 Å². The zero-order valence-electron chi connectivity index (χ0n) is 12.4. The van der Waals surface area contributed by atoms with E-state index in [-0.39, 0.29) is 0 Å². The predicted octanol–water partition coefficient (Wildman–Crippen LogP) is 3.00. The molecule has 0 fully saturated rings. The third-order valence-electron chi connectivity index (χ3n) is 3.88. The lowest BCUT2D eigenvalue weighted by Crippen LogP contribution is -2.27. The van der Waals surface area contributed by atoms with Crippen LogP contribution in [0, 0.1) is 6.92 Å². The number of nitrogens with one attached hydrogen (secondary N) is 1. The van der Waals surface area contributed by atoms with Crippen LogP contribution in [0.5, 0.6) is 0 Å². The number of nitrogens with zero attached hydrogens (tertiary/aromatic N) is 1. The average molecular weight is 260 g/mol. The van der Waals surface area contributed by atoms with Gasteiger partial charge in [0.1, 0.15) is 0 Å². The van der Waals surface area contributed by atoms with E-state index >= 15 is 0 Å². The molecule has 1 N–H and O–H groups in total. The van der Waals surface area contributed by atoms with E-state index in [2.05, 4.69) is 55.0 Å². The van der Waals surface area contributed by atoms with E-state index in [1.165, 1.54) is 22.2 Å². The Morgan fingerprint density at radius 2 is 2.05 bits per heavy atom. The van der Waals surface area contributed by atoms with Crippen molar-refractivity contribution < 1.29 is 4.74 Å². The Hall–Kier alpha value is -1.32. The maximum absolute atomic E-state index is 5.11. The van der Waals surface area contributed by atoms with Crippen LogP contribution in [0.4, 0.5) is 0 Å². The second-order valence-electron chi connectivity index (χ2n) is 5.21. The van der Waals surface area contributed by atoms with E-state index in [1.54, 1.807) is 7.11 Å². The van der Waals surface area contributed by atoms with Gasteiger partial charge >= 0.3 is 0 Å². The van der Waals surface area contributed by atoms with Crippen LogP contribution in [-0.4, -0.2) is 24.3 Å². The van der Waals surface area contributed by atoms with Gasteiger partial charge in [0.15, 0.2) is 0 Å². The predicted molar refractivity (Wildman–Crippen MR) is 80.5 cm³/mol. The first-order chi connectivity index (χ1) is 9.15. The van der Waals surface area contributed by atoms with Gasteiger partial charge in [0, 0.05) is 49.9 Å². The fourth-order valence-corrected chi connectivity index (χ4v) is 2.55. The number of aromatic nitrogens is 1. The number of hydrogen-bond acceptors (Lipinski definition) is 2. The van der Waals surface area contributed by atoms with E-state index in [0.29, 0.717) is 6.04 Å². The van der Waals surface area contributed by atoms with Crippen molar-refractivity contribution in [2.24, 2.45) is 7.05 Å². The minimum atomic E-state index is 0.470. The van der Waals surface area contributed by atoms with Crippen LogP contribution in [0.2, 0.25) is 0 Å². The number of fused-ring (bicyclic) bond motifs is 1. The third-order valence-corrected chi connectivity index (χ3v) is 3.88. The largest absolute Gasteiger partial charge is 0.385 e. The van der Waals surface area contributed by atoms with Gasteiger partial charge in [0.2, 0.25) is 0 Å². The summed E-state index contributed by atoms with van der Waals surface area (Å²) >= 11 is 0. The zero-order valence-corrected chi connectivity index (χ0v) is 12.4. The Kier molecular flexibility index (Phi) is 4.61. The van der Waals surface area contributed by atoms with Crippen molar-refractivity contribution in [3.8, 4) is 0 Å². The smallest absolute Gasteiger partial charge is 0.0483 e. The summed E-state index contributed by atoms with van der Waals surface area (Å²) in [5.74, 6) is 0. The molecule has 1 heterocycles. The van der Waals surface area contributed by atoms with Crippen LogP contribution >= 0.6 is 0 Å². The lowest BCUT2D eigenvalue weighted by Gasteiger charge is -2.14. The van der Waals surface area contributed by atoms with Crippen LogP contribution < -0.4 is 5.32 Å². The summed E-state index contributed by atoms with van der Waals surface area (Å²) in [7, 11) is 3.90. The van der Waals surface area contributed by atoms with Gasteiger partial charge in [-0.15, -0.1) is 0 Å². The van der Waals surface area contributed by atoms with E-state index in [9.17, 15) is 0 Å². The van der Waals surface area contributed by atoms with Crippen molar-refractivity contribution in [3.63, 3.8) is 0 Å².